The molecule has 0 spiro atoms. The highest BCUT2D eigenvalue weighted by Crippen LogP contribution is 2.20. The highest BCUT2D eigenvalue weighted by atomic mass is 32.2. The van der Waals surface area contributed by atoms with E-state index < -0.39 is 22.4 Å². The summed E-state index contributed by atoms with van der Waals surface area (Å²) in [6.07, 6.45) is 2.18. The molecule has 0 saturated carbocycles. The van der Waals surface area contributed by atoms with Crippen molar-refractivity contribution in [2.45, 2.75) is 50.9 Å². The van der Waals surface area contributed by atoms with Crippen molar-refractivity contribution in [2.75, 3.05) is 12.8 Å². The lowest BCUT2D eigenvalue weighted by molar-refractivity contribution is -0.153. The van der Waals surface area contributed by atoms with Gasteiger partial charge in [-0.2, -0.15) is 0 Å². The summed E-state index contributed by atoms with van der Waals surface area (Å²) < 4.78 is 11.4. The van der Waals surface area contributed by atoms with Crippen molar-refractivity contribution in [1.82, 2.24) is 10.2 Å². The maximum atomic E-state index is 12.3. The number of hydrogen-bond acceptors (Lipinski definition) is 3. The van der Waals surface area contributed by atoms with Gasteiger partial charge >= 0.3 is 0 Å². The number of carbonyl (C=O) groups excluding carboxylic acids is 2. The van der Waals surface area contributed by atoms with E-state index in [2.05, 4.69) is 5.32 Å². The molecule has 1 fully saturated rings. The molecule has 1 rings (SSSR count). The van der Waals surface area contributed by atoms with Gasteiger partial charge in [0, 0.05) is 28.9 Å². The Morgan fingerprint density at radius 3 is 2.44 bits per heavy atom. The molecule has 5 nitrogen and oxygen atoms in total. The SMILES string of the molecule is CCC1C(=O)NC(C)(C)C(=O)N1CC(C)S(C)=O. The van der Waals surface area contributed by atoms with Crippen molar-refractivity contribution in [2.24, 2.45) is 0 Å². The fraction of sp³-hybridized carbons (Fsp3) is 0.833. The Morgan fingerprint density at radius 2 is 2.00 bits per heavy atom. The van der Waals surface area contributed by atoms with Gasteiger partial charge in [0.25, 0.3) is 0 Å². The van der Waals surface area contributed by atoms with Crippen LogP contribution in [0.2, 0.25) is 0 Å². The van der Waals surface area contributed by atoms with Crippen LogP contribution >= 0.6 is 0 Å². The first-order chi connectivity index (χ1) is 8.20. The fourth-order valence-electron chi connectivity index (χ4n) is 2.08. The molecule has 1 saturated heterocycles. The molecular formula is C12H22N2O3S. The number of nitrogens with zero attached hydrogens (tertiary/aromatic N) is 1. The quantitative estimate of drug-likeness (QED) is 0.800. The predicted octanol–water partition coefficient (Wildman–Crippen LogP) is 0.269. The molecular weight excluding hydrogens is 252 g/mol. The van der Waals surface area contributed by atoms with E-state index in [1.54, 1.807) is 25.0 Å². The average molecular weight is 274 g/mol. The van der Waals surface area contributed by atoms with E-state index in [0.717, 1.165) is 0 Å². The Balaban J connectivity index is 2.97. The normalized spacial score (nSPS) is 26.7. The van der Waals surface area contributed by atoms with E-state index in [1.807, 2.05) is 13.8 Å². The first-order valence-corrected chi connectivity index (χ1v) is 7.78. The lowest BCUT2D eigenvalue weighted by Gasteiger charge is -2.43. The van der Waals surface area contributed by atoms with Crippen molar-refractivity contribution in [3.63, 3.8) is 0 Å². The number of amides is 2. The van der Waals surface area contributed by atoms with Gasteiger partial charge in [-0.15, -0.1) is 0 Å². The van der Waals surface area contributed by atoms with Crippen LogP contribution in [-0.4, -0.2) is 50.6 Å². The molecule has 6 heteroatoms. The highest BCUT2D eigenvalue weighted by molar-refractivity contribution is 7.84. The minimum Gasteiger partial charge on any atom is -0.340 e. The molecule has 1 aliphatic rings. The minimum absolute atomic E-state index is 0.105. The predicted molar refractivity (Wildman–Crippen MR) is 71.5 cm³/mol. The Bertz CT molecular complexity index is 382. The van der Waals surface area contributed by atoms with Crippen LogP contribution in [0.25, 0.3) is 0 Å². The molecule has 3 unspecified atom stereocenters. The molecule has 104 valence electrons. The summed E-state index contributed by atoms with van der Waals surface area (Å²) in [7, 11) is -1.01. The molecule has 0 aliphatic carbocycles. The summed E-state index contributed by atoms with van der Waals surface area (Å²) in [4.78, 5) is 25.9. The minimum atomic E-state index is -1.01. The van der Waals surface area contributed by atoms with E-state index in [1.165, 1.54) is 0 Å². The van der Waals surface area contributed by atoms with Gasteiger partial charge in [-0.05, 0) is 27.2 Å². The first kappa shape index (κ1) is 15.1. The van der Waals surface area contributed by atoms with Crippen LogP contribution in [-0.2, 0) is 20.4 Å². The van der Waals surface area contributed by atoms with Crippen LogP contribution in [0.4, 0.5) is 0 Å². The Kier molecular flexibility index (Phi) is 4.53. The van der Waals surface area contributed by atoms with Gasteiger partial charge in [0.05, 0.1) is 0 Å². The molecule has 0 aromatic heterocycles. The van der Waals surface area contributed by atoms with Gasteiger partial charge in [-0.25, -0.2) is 0 Å². The summed E-state index contributed by atoms with van der Waals surface area (Å²) in [5.41, 5.74) is -0.877. The number of piperazine rings is 1. The summed E-state index contributed by atoms with van der Waals surface area (Å²) in [6.45, 7) is 7.45. The maximum Gasteiger partial charge on any atom is 0.248 e. The van der Waals surface area contributed by atoms with Crippen LogP contribution < -0.4 is 5.32 Å². The van der Waals surface area contributed by atoms with Crippen LogP contribution in [0.15, 0.2) is 0 Å². The van der Waals surface area contributed by atoms with Gasteiger partial charge in [-0.1, -0.05) is 6.92 Å². The Morgan fingerprint density at radius 1 is 1.44 bits per heavy atom. The van der Waals surface area contributed by atoms with Crippen molar-refractivity contribution >= 4 is 22.6 Å². The Labute approximate surface area is 111 Å². The summed E-state index contributed by atoms with van der Waals surface area (Å²) >= 11 is 0. The molecule has 2 amide bonds. The van der Waals surface area contributed by atoms with E-state index in [4.69, 9.17) is 0 Å². The maximum absolute atomic E-state index is 12.3. The van der Waals surface area contributed by atoms with E-state index in [0.29, 0.717) is 13.0 Å². The molecule has 1 aliphatic heterocycles. The molecule has 1 heterocycles. The van der Waals surface area contributed by atoms with Crippen LogP contribution in [0.5, 0.6) is 0 Å². The zero-order chi connectivity index (χ0) is 14.1. The van der Waals surface area contributed by atoms with Crippen molar-refractivity contribution in [3.8, 4) is 0 Å². The second kappa shape index (κ2) is 5.38. The molecule has 0 aromatic carbocycles. The van der Waals surface area contributed by atoms with E-state index in [9.17, 15) is 13.8 Å². The first-order valence-electron chi connectivity index (χ1n) is 6.16. The number of rotatable bonds is 4. The molecule has 3 atom stereocenters. The monoisotopic (exact) mass is 274 g/mol. The van der Waals surface area contributed by atoms with Gasteiger partial charge in [0.15, 0.2) is 0 Å². The molecule has 18 heavy (non-hydrogen) atoms. The number of carbonyl (C=O) groups is 2. The number of hydrogen-bond donors (Lipinski definition) is 1. The van der Waals surface area contributed by atoms with Crippen molar-refractivity contribution < 1.29 is 13.8 Å². The second-order valence-electron chi connectivity index (χ2n) is 5.31. The van der Waals surface area contributed by atoms with Crippen LogP contribution in [0, 0.1) is 0 Å². The molecule has 0 radical (unpaired) electrons. The molecule has 0 aromatic rings. The zero-order valence-electron chi connectivity index (χ0n) is 11.6. The smallest absolute Gasteiger partial charge is 0.248 e. The third-order valence-corrected chi connectivity index (χ3v) is 4.60. The van der Waals surface area contributed by atoms with Gasteiger partial charge < -0.3 is 10.2 Å². The lowest BCUT2D eigenvalue weighted by atomic mass is 9.95. The lowest BCUT2D eigenvalue weighted by Crippen LogP contribution is -2.68. The van der Waals surface area contributed by atoms with Crippen LogP contribution in [0.3, 0.4) is 0 Å². The number of nitrogens with one attached hydrogen (secondary N) is 1. The van der Waals surface area contributed by atoms with Gasteiger partial charge in [0.2, 0.25) is 11.8 Å². The standard InChI is InChI=1S/C12H22N2O3S/c1-6-9-10(15)13-12(3,4)11(16)14(9)7-8(2)18(5)17/h8-9H,6-7H2,1-5H3,(H,13,15). The Hall–Kier alpha value is -0.910. The van der Waals surface area contributed by atoms with Crippen molar-refractivity contribution in [1.29, 1.82) is 0 Å². The topological polar surface area (TPSA) is 66.5 Å². The van der Waals surface area contributed by atoms with Crippen molar-refractivity contribution in [3.05, 3.63) is 0 Å². The summed E-state index contributed by atoms with van der Waals surface area (Å²) in [6, 6.07) is -0.448. The van der Waals surface area contributed by atoms with Gasteiger partial charge in [-0.3, -0.25) is 13.8 Å². The summed E-state index contributed by atoms with van der Waals surface area (Å²) in [5, 5.41) is 2.60. The average Bonchev–Trinajstić information content (AvgIpc) is 2.25. The van der Waals surface area contributed by atoms with Crippen LogP contribution in [0.1, 0.15) is 34.1 Å². The largest absolute Gasteiger partial charge is 0.340 e. The third kappa shape index (κ3) is 2.91. The molecule has 1 N–H and O–H groups in total. The second-order valence-corrected chi connectivity index (χ2v) is 7.11. The van der Waals surface area contributed by atoms with E-state index in [-0.39, 0.29) is 17.1 Å². The fourth-order valence-corrected chi connectivity index (χ4v) is 2.46. The van der Waals surface area contributed by atoms with Gasteiger partial charge in [0.1, 0.15) is 11.6 Å². The molecule has 0 bridgehead atoms. The third-order valence-electron chi connectivity index (χ3n) is 3.32. The summed E-state index contributed by atoms with van der Waals surface area (Å²) in [5.74, 6) is -0.234. The zero-order valence-corrected chi connectivity index (χ0v) is 12.5. The van der Waals surface area contributed by atoms with E-state index >= 15 is 0 Å². The highest BCUT2D eigenvalue weighted by Gasteiger charge is 2.44.